The normalized spacial score (nSPS) is 14.9. The first-order valence-corrected chi connectivity index (χ1v) is 5.11. The molecule has 0 spiro atoms. The van der Waals surface area contributed by atoms with E-state index in [0.29, 0.717) is 12.3 Å². The fourth-order valence-corrected chi connectivity index (χ4v) is 1.95. The van der Waals surface area contributed by atoms with Crippen molar-refractivity contribution in [3.63, 3.8) is 0 Å². The van der Waals surface area contributed by atoms with Crippen LogP contribution in [0, 0.1) is 0 Å². The van der Waals surface area contributed by atoms with E-state index in [1.54, 1.807) is 6.07 Å². The van der Waals surface area contributed by atoms with Gasteiger partial charge in [0.2, 0.25) is 0 Å². The van der Waals surface area contributed by atoms with E-state index in [2.05, 4.69) is 0 Å². The third-order valence-corrected chi connectivity index (χ3v) is 2.72. The van der Waals surface area contributed by atoms with E-state index >= 15 is 0 Å². The molecule has 2 aromatic rings. The van der Waals surface area contributed by atoms with Gasteiger partial charge >= 0.3 is 5.63 Å². The predicted molar refractivity (Wildman–Crippen MR) is 66.7 cm³/mol. The molecule has 0 radical (unpaired) electrons. The second kappa shape index (κ2) is 4.39. The molecule has 0 saturated carbocycles. The van der Waals surface area contributed by atoms with Crippen LogP contribution in [-0.4, -0.2) is 18.7 Å². The van der Waals surface area contributed by atoms with Crippen LogP contribution in [-0.2, 0) is 6.54 Å². The maximum Gasteiger partial charge on any atom is 0.336 e. The van der Waals surface area contributed by atoms with Gasteiger partial charge in [0.05, 0.1) is 5.56 Å². The van der Waals surface area contributed by atoms with Gasteiger partial charge in [-0.05, 0) is 25.2 Å². The molecule has 1 aliphatic rings. The van der Waals surface area contributed by atoms with Crippen LogP contribution in [0.4, 0.5) is 0 Å². The van der Waals surface area contributed by atoms with Gasteiger partial charge in [0, 0.05) is 18.0 Å². The lowest BCUT2D eigenvalue weighted by Gasteiger charge is -2.25. The van der Waals surface area contributed by atoms with Gasteiger partial charge in [0.1, 0.15) is 18.1 Å². The minimum atomic E-state index is -0.325. The molecular weight excluding hydrogens is 242 g/mol. The molecule has 5 heteroatoms. The lowest BCUT2D eigenvalue weighted by molar-refractivity contribution is 0.122. The van der Waals surface area contributed by atoms with Crippen LogP contribution in [0.5, 0.6) is 5.75 Å². The molecule has 1 aliphatic heterocycles. The molecule has 0 N–H and O–H groups in total. The molecule has 90 valence electrons. The average molecular weight is 254 g/mol. The molecule has 3 rings (SSSR count). The summed E-state index contributed by atoms with van der Waals surface area (Å²) in [5, 5.41) is 0.928. The molecule has 0 aliphatic carbocycles. The van der Waals surface area contributed by atoms with Crippen molar-refractivity contribution >= 4 is 23.4 Å². The van der Waals surface area contributed by atoms with E-state index in [0.717, 1.165) is 23.2 Å². The quantitative estimate of drug-likeness (QED) is 0.674. The second-order valence-electron chi connectivity index (χ2n) is 4.00. The fourth-order valence-electron chi connectivity index (χ4n) is 1.95. The number of rotatable bonds is 0. The summed E-state index contributed by atoms with van der Waals surface area (Å²) in [6.07, 6.45) is 0. The summed E-state index contributed by atoms with van der Waals surface area (Å²) in [6.45, 7) is 1.30. The summed E-state index contributed by atoms with van der Waals surface area (Å²) in [7, 11) is 1.96. The number of fused-ring (bicyclic) bond motifs is 3. The molecule has 0 amide bonds. The van der Waals surface area contributed by atoms with Crippen LogP contribution in [0.25, 0.3) is 11.0 Å². The number of ether oxygens (including phenoxy) is 1. The van der Waals surface area contributed by atoms with Crippen LogP contribution in [0.3, 0.4) is 0 Å². The average Bonchev–Trinajstić information content (AvgIpc) is 2.29. The first kappa shape index (κ1) is 12.0. The summed E-state index contributed by atoms with van der Waals surface area (Å²) in [4.78, 5) is 13.3. The maximum absolute atomic E-state index is 11.2. The van der Waals surface area contributed by atoms with E-state index in [4.69, 9.17) is 9.15 Å². The molecule has 4 nitrogen and oxygen atoms in total. The largest absolute Gasteiger partial charge is 0.478 e. The number of halogens is 1. The maximum atomic E-state index is 11.2. The Morgan fingerprint density at radius 1 is 1.24 bits per heavy atom. The molecule has 2 heterocycles. The van der Waals surface area contributed by atoms with Crippen LogP contribution in [0.1, 0.15) is 5.56 Å². The second-order valence-corrected chi connectivity index (χ2v) is 4.00. The van der Waals surface area contributed by atoms with E-state index in [1.165, 1.54) is 6.07 Å². The number of hydrogen-bond acceptors (Lipinski definition) is 4. The lowest BCUT2D eigenvalue weighted by Crippen LogP contribution is -2.28. The van der Waals surface area contributed by atoms with Crippen molar-refractivity contribution in [2.24, 2.45) is 0 Å². The van der Waals surface area contributed by atoms with Gasteiger partial charge in [-0.25, -0.2) is 4.79 Å². The van der Waals surface area contributed by atoms with E-state index < -0.39 is 0 Å². The Labute approximate surface area is 104 Å². The summed E-state index contributed by atoms with van der Waals surface area (Å²) in [6, 6.07) is 7.03. The molecule has 1 aromatic carbocycles. The molecule has 0 fully saturated rings. The third kappa shape index (κ3) is 2.01. The Kier molecular flexibility index (Phi) is 3.09. The first-order chi connectivity index (χ1) is 7.74. The Balaban J connectivity index is 0.00000108. The van der Waals surface area contributed by atoms with Gasteiger partial charge < -0.3 is 9.15 Å². The Morgan fingerprint density at radius 3 is 2.82 bits per heavy atom. The Morgan fingerprint density at radius 2 is 2.00 bits per heavy atom. The van der Waals surface area contributed by atoms with Crippen LogP contribution in [0.15, 0.2) is 33.5 Å². The van der Waals surface area contributed by atoms with Gasteiger partial charge in [-0.15, -0.1) is 12.4 Å². The van der Waals surface area contributed by atoms with E-state index in [-0.39, 0.29) is 18.0 Å². The van der Waals surface area contributed by atoms with Crippen LogP contribution >= 0.6 is 12.4 Å². The van der Waals surface area contributed by atoms with Crippen molar-refractivity contribution in [2.45, 2.75) is 6.54 Å². The molecule has 1 aromatic heterocycles. The number of nitrogens with zero attached hydrogens (tertiary/aromatic N) is 1. The molecule has 17 heavy (non-hydrogen) atoms. The van der Waals surface area contributed by atoms with Crippen molar-refractivity contribution in [1.82, 2.24) is 4.90 Å². The molecule has 0 bridgehead atoms. The summed E-state index contributed by atoms with van der Waals surface area (Å²) >= 11 is 0. The highest BCUT2D eigenvalue weighted by atomic mass is 35.5. The number of hydrogen-bond donors (Lipinski definition) is 0. The van der Waals surface area contributed by atoms with E-state index in [1.807, 2.05) is 24.1 Å². The fraction of sp³-hybridized carbons (Fsp3) is 0.250. The van der Waals surface area contributed by atoms with Crippen molar-refractivity contribution in [2.75, 3.05) is 13.8 Å². The first-order valence-electron chi connectivity index (χ1n) is 5.11. The van der Waals surface area contributed by atoms with Crippen molar-refractivity contribution in [3.8, 4) is 5.75 Å². The molecule has 0 atom stereocenters. The van der Waals surface area contributed by atoms with Crippen LogP contribution in [0.2, 0.25) is 0 Å². The highest BCUT2D eigenvalue weighted by molar-refractivity contribution is 5.85. The molecular formula is C12H12ClNO3. The Hall–Kier alpha value is -1.52. The summed E-state index contributed by atoms with van der Waals surface area (Å²) < 4.78 is 10.8. The van der Waals surface area contributed by atoms with Gasteiger partial charge in [-0.3, -0.25) is 4.90 Å². The topological polar surface area (TPSA) is 42.7 Å². The van der Waals surface area contributed by atoms with Crippen molar-refractivity contribution in [3.05, 3.63) is 40.2 Å². The van der Waals surface area contributed by atoms with Crippen molar-refractivity contribution < 1.29 is 9.15 Å². The highest BCUT2D eigenvalue weighted by Gasteiger charge is 2.18. The van der Waals surface area contributed by atoms with Crippen molar-refractivity contribution in [1.29, 1.82) is 0 Å². The zero-order chi connectivity index (χ0) is 11.1. The lowest BCUT2D eigenvalue weighted by atomic mass is 10.1. The van der Waals surface area contributed by atoms with Crippen LogP contribution < -0.4 is 10.4 Å². The predicted octanol–water partition coefficient (Wildman–Crippen LogP) is 2.00. The smallest absolute Gasteiger partial charge is 0.336 e. The zero-order valence-electron chi connectivity index (χ0n) is 9.30. The Bertz CT molecular complexity index is 608. The van der Waals surface area contributed by atoms with Gasteiger partial charge in [-0.1, -0.05) is 0 Å². The summed E-state index contributed by atoms with van der Waals surface area (Å²) in [5.41, 5.74) is 1.26. The standard InChI is InChI=1S/C12H11NO3.ClH/c1-13-6-9-10(15-7-13)4-2-8-3-5-11(14)16-12(8)9;/h2-5H,6-7H2,1H3;1H. The molecule has 0 saturated heterocycles. The zero-order valence-corrected chi connectivity index (χ0v) is 10.1. The van der Waals surface area contributed by atoms with Gasteiger partial charge in [-0.2, -0.15) is 0 Å². The SMILES string of the molecule is CN1COc2ccc3ccc(=O)oc3c2C1.Cl. The minimum Gasteiger partial charge on any atom is -0.478 e. The number of benzene rings is 1. The monoisotopic (exact) mass is 253 g/mol. The minimum absolute atomic E-state index is 0. The van der Waals surface area contributed by atoms with Gasteiger partial charge in [0.25, 0.3) is 0 Å². The van der Waals surface area contributed by atoms with Gasteiger partial charge in [0.15, 0.2) is 0 Å². The molecule has 0 unspecified atom stereocenters. The third-order valence-electron chi connectivity index (χ3n) is 2.72. The highest BCUT2D eigenvalue weighted by Crippen LogP contribution is 2.30. The van der Waals surface area contributed by atoms with E-state index in [9.17, 15) is 4.79 Å². The summed E-state index contributed by atoms with van der Waals surface area (Å²) in [5.74, 6) is 0.806.